The van der Waals surface area contributed by atoms with Crippen LogP contribution in [0.15, 0.2) is 52.4 Å². The van der Waals surface area contributed by atoms with Gasteiger partial charge in [-0.25, -0.2) is 4.98 Å². The van der Waals surface area contributed by atoms with Gasteiger partial charge in [-0.05, 0) is 65.0 Å². The largest absolute Gasteiger partial charge is 0.496 e. The molecule has 1 aromatic heterocycles. The maximum absolute atomic E-state index is 13.4. The standard InChI is InChI=1S/C26H33N3O3S/c1-17(2)28(18(3)4)13-14-29-25(31)22-9-7-8-10-23(22)27-26(29)33-16-21-15-20(19(5)30)11-12-24(21)32-6/h7-12,15,17-18H,13-14,16H2,1-6H3. The van der Waals surface area contributed by atoms with Gasteiger partial charge < -0.3 is 4.74 Å². The zero-order chi connectivity index (χ0) is 24.1. The Balaban J connectivity index is 1.98. The lowest BCUT2D eigenvalue weighted by Crippen LogP contribution is -2.40. The summed E-state index contributed by atoms with van der Waals surface area (Å²) in [7, 11) is 1.62. The predicted molar refractivity (Wildman–Crippen MR) is 136 cm³/mol. The quantitative estimate of drug-likeness (QED) is 0.237. The molecule has 0 bridgehead atoms. The topological polar surface area (TPSA) is 64.4 Å². The van der Waals surface area contributed by atoms with Gasteiger partial charge in [0.05, 0.1) is 18.0 Å². The lowest BCUT2D eigenvalue weighted by molar-refractivity contribution is 0.101. The molecular formula is C26H33N3O3S. The van der Waals surface area contributed by atoms with Gasteiger partial charge in [-0.1, -0.05) is 23.9 Å². The number of para-hydroxylation sites is 1. The molecule has 0 aliphatic rings. The number of thioether (sulfide) groups is 1. The molecule has 0 atom stereocenters. The number of benzene rings is 2. The fraction of sp³-hybridized carbons (Fsp3) is 0.423. The van der Waals surface area contributed by atoms with Gasteiger partial charge in [0.1, 0.15) is 5.75 Å². The third-order valence-corrected chi connectivity index (χ3v) is 6.80. The maximum Gasteiger partial charge on any atom is 0.262 e. The SMILES string of the molecule is COc1ccc(C(C)=O)cc1CSc1nc2ccccc2c(=O)n1CCN(C(C)C)C(C)C. The highest BCUT2D eigenvalue weighted by Crippen LogP contribution is 2.28. The second kappa shape index (κ2) is 11.0. The van der Waals surface area contributed by atoms with Crippen LogP contribution in [-0.4, -0.2) is 46.0 Å². The smallest absolute Gasteiger partial charge is 0.262 e. The van der Waals surface area contributed by atoms with E-state index < -0.39 is 0 Å². The molecule has 6 nitrogen and oxygen atoms in total. The summed E-state index contributed by atoms with van der Waals surface area (Å²) < 4.78 is 7.29. The second-order valence-corrected chi connectivity index (χ2v) is 9.61. The molecule has 2 aromatic carbocycles. The molecule has 0 saturated heterocycles. The summed E-state index contributed by atoms with van der Waals surface area (Å²) in [6.45, 7) is 11.6. The Morgan fingerprint density at radius 3 is 2.45 bits per heavy atom. The first-order valence-electron chi connectivity index (χ1n) is 11.3. The van der Waals surface area contributed by atoms with Gasteiger partial charge in [-0.15, -0.1) is 0 Å². The highest BCUT2D eigenvalue weighted by Gasteiger charge is 2.17. The van der Waals surface area contributed by atoms with Crippen LogP contribution >= 0.6 is 11.8 Å². The van der Waals surface area contributed by atoms with E-state index in [-0.39, 0.29) is 11.3 Å². The predicted octanol–water partition coefficient (Wildman–Crippen LogP) is 5.02. The number of fused-ring (bicyclic) bond motifs is 1. The van der Waals surface area contributed by atoms with Gasteiger partial charge >= 0.3 is 0 Å². The molecule has 0 saturated carbocycles. The number of hydrogen-bond acceptors (Lipinski definition) is 6. The minimum Gasteiger partial charge on any atom is -0.496 e. The molecule has 0 aliphatic heterocycles. The number of rotatable bonds is 10. The van der Waals surface area contributed by atoms with Crippen molar-refractivity contribution < 1.29 is 9.53 Å². The Bertz CT molecular complexity index is 1180. The molecule has 0 amide bonds. The molecule has 0 unspecified atom stereocenters. The average Bonchev–Trinajstić information content (AvgIpc) is 2.78. The summed E-state index contributed by atoms with van der Waals surface area (Å²) >= 11 is 1.49. The summed E-state index contributed by atoms with van der Waals surface area (Å²) in [6.07, 6.45) is 0. The molecule has 0 spiro atoms. The number of hydrogen-bond donors (Lipinski definition) is 0. The molecule has 0 N–H and O–H groups in total. The molecule has 33 heavy (non-hydrogen) atoms. The van der Waals surface area contributed by atoms with Gasteiger partial charge in [0.15, 0.2) is 10.9 Å². The lowest BCUT2D eigenvalue weighted by Gasteiger charge is -2.30. The monoisotopic (exact) mass is 467 g/mol. The van der Waals surface area contributed by atoms with Crippen LogP contribution in [0.25, 0.3) is 10.9 Å². The summed E-state index contributed by atoms with van der Waals surface area (Å²) in [4.78, 5) is 32.5. The Morgan fingerprint density at radius 1 is 1.12 bits per heavy atom. The Hall–Kier alpha value is -2.64. The van der Waals surface area contributed by atoms with E-state index in [9.17, 15) is 9.59 Å². The molecule has 0 aliphatic carbocycles. The van der Waals surface area contributed by atoms with Crippen LogP contribution < -0.4 is 10.3 Å². The zero-order valence-corrected chi connectivity index (χ0v) is 21.1. The number of carbonyl (C=O) groups excluding carboxylic acids is 1. The first-order valence-corrected chi connectivity index (χ1v) is 12.3. The molecule has 3 aromatic rings. The van der Waals surface area contributed by atoms with Gasteiger partial charge in [0.2, 0.25) is 0 Å². The lowest BCUT2D eigenvalue weighted by atomic mass is 10.1. The van der Waals surface area contributed by atoms with E-state index in [2.05, 4.69) is 32.6 Å². The Labute approximate surface area is 200 Å². The van der Waals surface area contributed by atoms with Crippen LogP contribution in [-0.2, 0) is 12.3 Å². The third-order valence-electron chi connectivity index (χ3n) is 5.78. The molecule has 0 fully saturated rings. The van der Waals surface area contributed by atoms with E-state index >= 15 is 0 Å². The molecule has 3 rings (SSSR count). The van der Waals surface area contributed by atoms with Crippen LogP contribution in [0, 0.1) is 0 Å². The van der Waals surface area contributed by atoms with E-state index in [0.717, 1.165) is 12.1 Å². The van der Waals surface area contributed by atoms with Crippen molar-refractivity contribution in [1.29, 1.82) is 0 Å². The minimum absolute atomic E-state index is 0.00658. The van der Waals surface area contributed by atoms with E-state index in [1.807, 2.05) is 36.4 Å². The van der Waals surface area contributed by atoms with Crippen molar-refractivity contribution in [2.45, 2.75) is 64.2 Å². The van der Waals surface area contributed by atoms with Crippen LogP contribution in [0.2, 0.25) is 0 Å². The van der Waals surface area contributed by atoms with Gasteiger partial charge in [-0.3, -0.25) is 19.1 Å². The normalized spacial score (nSPS) is 11.7. The fourth-order valence-corrected chi connectivity index (χ4v) is 5.04. The summed E-state index contributed by atoms with van der Waals surface area (Å²) in [5, 5.41) is 1.29. The Morgan fingerprint density at radius 2 is 1.82 bits per heavy atom. The van der Waals surface area contributed by atoms with E-state index in [4.69, 9.17) is 9.72 Å². The van der Waals surface area contributed by atoms with E-state index in [1.165, 1.54) is 11.8 Å². The first-order chi connectivity index (χ1) is 15.7. The molecule has 1 heterocycles. The second-order valence-electron chi connectivity index (χ2n) is 8.67. The minimum atomic E-state index is -0.0278. The van der Waals surface area contributed by atoms with Crippen LogP contribution in [0.4, 0.5) is 0 Å². The fourth-order valence-electron chi connectivity index (χ4n) is 4.04. The highest BCUT2D eigenvalue weighted by atomic mass is 32.2. The molecule has 176 valence electrons. The van der Waals surface area contributed by atoms with Gasteiger partial charge in [-0.2, -0.15) is 0 Å². The van der Waals surface area contributed by atoms with Crippen LogP contribution in [0.5, 0.6) is 5.75 Å². The number of aromatic nitrogens is 2. The van der Waals surface area contributed by atoms with Crippen molar-refractivity contribution in [3.63, 3.8) is 0 Å². The van der Waals surface area contributed by atoms with Crippen molar-refractivity contribution in [3.05, 3.63) is 63.9 Å². The molecule has 0 radical (unpaired) electrons. The molecular weight excluding hydrogens is 434 g/mol. The first kappa shape index (κ1) is 25.0. The molecule has 7 heteroatoms. The highest BCUT2D eigenvalue weighted by molar-refractivity contribution is 7.98. The van der Waals surface area contributed by atoms with E-state index in [1.54, 1.807) is 24.7 Å². The third kappa shape index (κ3) is 5.84. The Kier molecular flexibility index (Phi) is 8.32. The summed E-state index contributed by atoms with van der Waals surface area (Å²) in [6, 6.07) is 13.7. The van der Waals surface area contributed by atoms with Crippen LogP contribution in [0.1, 0.15) is 50.5 Å². The summed E-state index contributed by atoms with van der Waals surface area (Å²) in [5.41, 5.74) is 2.20. The number of nitrogens with zero attached hydrogens (tertiary/aromatic N) is 3. The number of carbonyl (C=O) groups is 1. The van der Waals surface area contributed by atoms with Crippen molar-refractivity contribution >= 4 is 28.4 Å². The zero-order valence-electron chi connectivity index (χ0n) is 20.3. The number of methoxy groups -OCH3 is 1. The van der Waals surface area contributed by atoms with Crippen molar-refractivity contribution in [1.82, 2.24) is 14.5 Å². The maximum atomic E-state index is 13.4. The van der Waals surface area contributed by atoms with E-state index in [0.29, 0.717) is 51.8 Å². The number of ketones is 1. The number of Topliss-reactive ketones (excluding diaryl/α,β-unsaturated/α-hetero) is 1. The number of ether oxygens (including phenoxy) is 1. The average molecular weight is 468 g/mol. The van der Waals surface area contributed by atoms with Crippen molar-refractivity contribution in [3.8, 4) is 5.75 Å². The van der Waals surface area contributed by atoms with Crippen molar-refractivity contribution in [2.24, 2.45) is 0 Å². The van der Waals surface area contributed by atoms with Gasteiger partial charge in [0.25, 0.3) is 5.56 Å². The summed E-state index contributed by atoms with van der Waals surface area (Å²) in [5.74, 6) is 1.26. The van der Waals surface area contributed by atoms with Gasteiger partial charge in [0, 0.05) is 42.1 Å². The van der Waals surface area contributed by atoms with Crippen LogP contribution in [0.3, 0.4) is 0 Å². The van der Waals surface area contributed by atoms with Crippen molar-refractivity contribution in [2.75, 3.05) is 13.7 Å².